The van der Waals surface area contributed by atoms with Gasteiger partial charge >= 0.3 is 0 Å². The van der Waals surface area contributed by atoms with E-state index in [4.69, 9.17) is 10.5 Å². The second kappa shape index (κ2) is 7.98. The van der Waals surface area contributed by atoms with E-state index in [9.17, 15) is 9.90 Å². The van der Waals surface area contributed by atoms with Crippen LogP contribution in [-0.4, -0.2) is 28.2 Å². The molecule has 3 rings (SSSR count). The van der Waals surface area contributed by atoms with Gasteiger partial charge in [0, 0.05) is 11.4 Å². The van der Waals surface area contributed by atoms with Crippen molar-refractivity contribution in [3.8, 4) is 5.75 Å². The largest absolute Gasteiger partial charge is 0.488 e. The third-order valence-corrected chi connectivity index (χ3v) is 4.28. The van der Waals surface area contributed by atoms with Crippen LogP contribution in [0.2, 0.25) is 0 Å². The van der Waals surface area contributed by atoms with Gasteiger partial charge in [-0.05, 0) is 55.7 Å². The zero-order chi connectivity index (χ0) is 17.6. The number of rotatable bonds is 5. The Hall–Kier alpha value is -2.60. The third kappa shape index (κ3) is 4.93. The van der Waals surface area contributed by atoms with Gasteiger partial charge in [0.05, 0.1) is 24.4 Å². The number of nitrogens with two attached hydrogens (primary N) is 1. The molecule has 0 bridgehead atoms. The van der Waals surface area contributed by atoms with E-state index in [2.05, 4.69) is 10.3 Å². The van der Waals surface area contributed by atoms with Gasteiger partial charge in [0.2, 0.25) is 5.91 Å². The van der Waals surface area contributed by atoms with Gasteiger partial charge in [-0.3, -0.25) is 9.78 Å². The lowest BCUT2D eigenvalue weighted by molar-refractivity contribution is -0.115. The quantitative estimate of drug-likeness (QED) is 0.776. The molecule has 6 nitrogen and oxygen atoms in total. The predicted octanol–water partition coefficient (Wildman–Crippen LogP) is 2.53. The van der Waals surface area contributed by atoms with Gasteiger partial charge in [-0.25, -0.2) is 0 Å². The maximum Gasteiger partial charge on any atom is 0.230 e. The monoisotopic (exact) mass is 341 g/mol. The first-order valence-corrected chi connectivity index (χ1v) is 8.55. The summed E-state index contributed by atoms with van der Waals surface area (Å²) in [5, 5.41) is 12.8. The summed E-state index contributed by atoms with van der Waals surface area (Å²) < 4.78 is 5.85. The number of aliphatic hydroxyl groups excluding tert-OH is 1. The van der Waals surface area contributed by atoms with Crippen LogP contribution in [0.25, 0.3) is 0 Å². The number of nitrogen functional groups attached to an aromatic ring is 1. The number of ether oxygens (including phenoxy) is 1. The second-order valence-corrected chi connectivity index (χ2v) is 6.34. The highest BCUT2D eigenvalue weighted by Crippen LogP contribution is 2.25. The summed E-state index contributed by atoms with van der Waals surface area (Å²) in [6, 6.07) is 10.7. The smallest absolute Gasteiger partial charge is 0.230 e. The maximum absolute atomic E-state index is 12.1. The summed E-state index contributed by atoms with van der Waals surface area (Å²) in [5.74, 6) is 0.554. The molecule has 0 aliphatic heterocycles. The van der Waals surface area contributed by atoms with E-state index in [0.717, 1.165) is 25.7 Å². The van der Waals surface area contributed by atoms with E-state index in [1.54, 1.807) is 36.4 Å². The van der Waals surface area contributed by atoms with Crippen LogP contribution in [0.15, 0.2) is 42.6 Å². The molecule has 1 aromatic carbocycles. The molecule has 4 N–H and O–H groups in total. The van der Waals surface area contributed by atoms with Crippen molar-refractivity contribution in [3.63, 3.8) is 0 Å². The van der Waals surface area contributed by atoms with Gasteiger partial charge in [0.15, 0.2) is 0 Å². The minimum atomic E-state index is -0.402. The standard InChI is InChI=1S/C19H23N3O3/c20-13-5-6-15(21-12-13)11-19(24)22-14-7-9-16(10-8-14)25-18-4-2-1-3-17(18)23/h5-10,12,17-18,23H,1-4,11,20H2,(H,22,24). The lowest BCUT2D eigenvalue weighted by Crippen LogP contribution is -2.34. The lowest BCUT2D eigenvalue weighted by Gasteiger charge is -2.28. The number of benzene rings is 1. The van der Waals surface area contributed by atoms with E-state index in [0.29, 0.717) is 22.8 Å². The second-order valence-electron chi connectivity index (χ2n) is 6.34. The van der Waals surface area contributed by atoms with E-state index in [-0.39, 0.29) is 18.4 Å². The Kier molecular flexibility index (Phi) is 5.50. The normalized spacial score (nSPS) is 20.0. The van der Waals surface area contributed by atoms with Crippen molar-refractivity contribution in [2.24, 2.45) is 0 Å². The van der Waals surface area contributed by atoms with Gasteiger partial charge in [0.1, 0.15) is 11.9 Å². The number of pyridine rings is 1. The van der Waals surface area contributed by atoms with Crippen LogP contribution in [0.5, 0.6) is 5.75 Å². The number of hydrogen-bond acceptors (Lipinski definition) is 5. The Balaban J connectivity index is 1.53. The van der Waals surface area contributed by atoms with Crippen LogP contribution >= 0.6 is 0 Å². The van der Waals surface area contributed by atoms with Crippen molar-refractivity contribution in [2.75, 3.05) is 11.1 Å². The van der Waals surface area contributed by atoms with Gasteiger partial charge < -0.3 is 20.9 Å². The lowest BCUT2D eigenvalue weighted by atomic mass is 9.95. The zero-order valence-corrected chi connectivity index (χ0v) is 14.0. The van der Waals surface area contributed by atoms with Crippen molar-refractivity contribution >= 4 is 17.3 Å². The molecular weight excluding hydrogens is 318 g/mol. The molecular formula is C19H23N3O3. The molecule has 1 aliphatic carbocycles. The average molecular weight is 341 g/mol. The Morgan fingerprint density at radius 3 is 2.64 bits per heavy atom. The van der Waals surface area contributed by atoms with Gasteiger partial charge in [0.25, 0.3) is 0 Å². The van der Waals surface area contributed by atoms with Crippen LogP contribution < -0.4 is 15.8 Å². The van der Waals surface area contributed by atoms with Crippen molar-refractivity contribution in [3.05, 3.63) is 48.3 Å². The molecule has 1 fully saturated rings. The van der Waals surface area contributed by atoms with Crippen LogP contribution in [0.3, 0.4) is 0 Å². The number of amides is 1. The van der Waals surface area contributed by atoms with E-state index in [1.165, 1.54) is 6.20 Å². The molecule has 1 amide bonds. The molecule has 1 heterocycles. The molecule has 1 aromatic heterocycles. The van der Waals surface area contributed by atoms with E-state index in [1.807, 2.05) is 0 Å². The highest BCUT2D eigenvalue weighted by molar-refractivity contribution is 5.92. The Bertz CT molecular complexity index is 701. The summed E-state index contributed by atoms with van der Waals surface area (Å²) >= 11 is 0. The molecule has 2 aromatic rings. The zero-order valence-electron chi connectivity index (χ0n) is 14.0. The SMILES string of the molecule is Nc1ccc(CC(=O)Nc2ccc(OC3CCCCC3O)cc2)nc1. The van der Waals surface area contributed by atoms with Crippen LogP contribution in [-0.2, 0) is 11.2 Å². The van der Waals surface area contributed by atoms with E-state index < -0.39 is 6.10 Å². The minimum absolute atomic E-state index is 0.145. The van der Waals surface area contributed by atoms with Crippen molar-refractivity contribution in [1.29, 1.82) is 0 Å². The predicted molar refractivity (Wildman–Crippen MR) is 96.3 cm³/mol. The molecule has 0 radical (unpaired) electrons. The number of carbonyl (C=O) groups is 1. The number of nitrogens with zero attached hydrogens (tertiary/aromatic N) is 1. The summed E-state index contributed by atoms with van der Waals surface area (Å²) in [7, 11) is 0. The number of aliphatic hydroxyl groups is 1. The molecule has 1 aliphatic rings. The molecule has 2 unspecified atom stereocenters. The molecule has 0 spiro atoms. The number of hydrogen-bond donors (Lipinski definition) is 3. The molecule has 25 heavy (non-hydrogen) atoms. The minimum Gasteiger partial charge on any atom is -0.488 e. The summed E-state index contributed by atoms with van der Waals surface area (Å²) in [4.78, 5) is 16.2. The number of nitrogens with one attached hydrogen (secondary N) is 1. The highest BCUT2D eigenvalue weighted by Gasteiger charge is 2.24. The Labute approximate surface area is 147 Å². The summed E-state index contributed by atoms with van der Waals surface area (Å²) in [6.45, 7) is 0. The third-order valence-electron chi connectivity index (χ3n) is 4.28. The first-order valence-electron chi connectivity index (χ1n) is 8.55. The van der Waals surface area contributed by atoms with Gasteiger partial charge in [-0.2, -0.15) is 0 Å². The summed E-state index contributed by atoms with van der Waals surface area (Å²) in [5.41, 5.74) is 7.51. The fraction of sp³-hybridized carbons (Fsp3) is 0.368. The Morgan fingerprint density at radius 1 is 1.20 bits per heavy atom. The fourth-order valence-electron chi connectivity index (χ4n) is 2.92. The molecule has 132 valence electrons. The maximum atomic E-state index is 12.1. The van der Waals surface area contributed by atoms with Crippen LogP contribution in [0.1, 0.15) is 31.4 Å². The average Bonchev–Trinajstić information content (AvgIpc) is 2.61. The van der Waals surface area contributed by atoms with Crippen molar-refractivity contribution in [2.45, 2.75) is 44.3 Å². The molecule has 6 heteroatoms. The summed E-state index contributed by atoms with van der Waals surface area (Å²) in [6.07, 6.45) is 4.96. The van der Waals surface area contributed by atoms with Crippen molar-refractivity contribution in [1.82, 2.24) is 4.98 Å². The molecule has 0 saturated heterocycles. The van der Waals surface area contributed by atoms with Crippen LogP contribution in [0, 0.1) is 0 Å². The van der Waals surface area contributed by atoms with Gasteiger partial charge in [-0.15, -0.1) is 0 Å². The number of anilines is 2. The first kappa shape index (κ1) is 17.2. The topological polar surface area (TPSA) is 97.5 Å². The van der Waals surface area contributed by atoms with Gasteiger partial charge in [-0.1, -0.05) is 6.42 Å². The van der Waals surface area contributed by atoms with Crippen molar-refractivity contribution < 1.29 is 14.6 Å². The number of aromatic nitrogens is 1. The molecule has 2 atom stereocenters. The highest BCUT2D eigenvalue weighted by atomic mass is 16.5. The van der Waals surface area contributed by atoms with E-state index >= 15 is 0 Å². The molecule has 1 saturated carbocycles. The number of carbonyl (C=O) groups excluding carboxylic acids is 1. The Morgan fingerprint density at radius 2 is 1.96 bits per heavy atom. The first-order chi connectivity index (χ1) is 12.1. The van der Waals surface area contributed by atoms with Crippen LogP contribution in [0.4, 0.5) is 11.4 Å². The fourth-order valence-corrected chi connectivity index (χ4v) is 2.92.